The van der Waals surface area contributed by atoms with Gasteiger partial charge in [0.25, 0.3) is 5.91 Å². The molecule has 3 aromatic rings. The Morgan fingerprint density at radius 3 is 2.27 bits per heavy atom. The molecule has 0 aliphatic rings. The van der Waals surface area contributed by atoms with Crippen LogP contribution in [0.2, 0.25) is 5.02 Å². The number of carbonyl (C=O) groups excluding carboxylic acids is 1. The number of hydrogen-bond donors (Lipinski definition) is 2. The summed E-state index contributed by atoms with van der Waals surface area (Å²) in [6.07, 6.45) is -1.76. The van der Waals surface area contributed by atoms with Gasteiger partial charge in [0, 0.05) is 10.6 Å². The lowest BCUT2D eigenvalue weighted by molar-refractivity contribution is -0.137. The summed E-state index contributed by atoms with van der Waals surface area (Å²) < 4.78 is 39.6. The largest absolute Gasteiger partial charge is 0.416 e. The summed E-state index contributed by atoms with van der Waals surface area (Å²) in [7, 11) is 0. The number of nitrogens with zero attached hydrogens (tertiary/aromatic N) is 3. The van der Waals surface area contributed by atoms with E-state index in [9.17, 15) is 23.1 Å². The molecule has 10 heteroatoms. The molecule has 1 aromatic heterocycles. The number of carbonyl (C=O) groups is 1. The number of rotatable bonds is 6. The first-order valence-corrected chi connectivity index (χ1v) is 9.26. The van der Waals surface area contributed by atoms with Crippen LogP contribution in [-0.4, -0.2) is 31.8 Å². The predicted octanol–water partition coefficient (Wildman–Crippen LogP) is 3.66. The molecular formula is C20H18ClF3N4O2. The topological polar surface area (TPSA) is 80.0 Å². The first-order chi connectivity index (χ1) is 14.1. The van der Waals surface area contributed by atoms with Gasteiger partial charge in [0.2, 0.25) is 0 Å². The number of nitrogens with one attached hydrogen (secondary N) is 1. The van der Waals surface area contributed by atoms with Gasteiger partial charge in [-0.05, 0) is 48.9 Å². The first kappa shape index (κ1) is 21.8. The molecule has 0 radical (unpaired) electrons. The van der Waals surface area contributed by atoms with Crippen LogP contribution in [-0.2, 0) is 18.3 Å². The Morgan fingerprint density at radius 1 is 1.13 bits per heavy atom. The van der Waals surface area contributed by atoms with E-state index in [1.165, 1.54) is 17.3 Å². The molecule has 6 nitrogen and oxygen atoms in total. The van der Waals surface area contributed by atoms with Crippen molar-refractivity contribution in [1.82, 2.24) is 20.1 Å². The van der Waals surface area contributed by atoms with E-state index in [0.29, 0.717) is 10.6 Å². The molecular weight excluding hydrogens is 421 g/mol. The van der Waals surface area contributed by atoms with Gasteiger partial charge in [-0.25, -0.2) is 9.67 Å². The molecule has 0 aliphatic carbocycles. The molecule has 158 valence electrons. The van der Waals surface area contributed by atoms with E-state index in [-0.39, 0.29) is 12.1 Å². The normalized spacial score (nSPS) is 14.7. The van der Waals surface area contributed by atoms with Crippen LogP contribution in [0.25, 0.3) is 0 Å². The first-order valence-electron chi connectivity index (χ1n) is 8.88. The van der Waals surface area contributed by atoms with Gasteiger partial charge in [-0.2, -0.15) is 18.3 Å². The van der Waals surface area contributed by atoms with Crippen LogP contribution in [0.4, 0.5) is 13.2 Å². The minimum atomic E-state index is -4.49. The zero-order valence-electron chi connectivity index (χ0n) is 15.8. The second kappa shape index (κ2) is 8.45. The van der Waals surface area contributed by atoms with E-state index < -0.39 is 29.3 Å². The van der Waals surface area contributed by atoms with Crippen LogP contribution in [0.3, 0.4) is 0 Å². The van der Waals surface area contributed by atoms with Crippen LogP contribution in [0.15, 0.2) is 61.2 Å². The molecule has 0 fully saturated rings. The molecule has 1 heterocycles. The minimum Gasteiger partial charge on any atom is -0.381 e. The SMILES string of the molecule is CC(NC(=O)c1ccc(C(F)(F)F)cc1)C(O)(Cn1cncn1)c1ccc(Cl)cc1. The highest BCUT2D eigenvalue weighted by molar-refractivity contribution is 6.30. The summed E-state index contributed by atoms with van der Waals surface area (Å²) in [6, 6.07) is 9.47. The van der Waals surface area contributed by atoms with E-state index in [2.05, 4.69) is 15.4 Å². The Balaban J connectivity index is 1.84. The van der Waals surface area contributed by atoms with Gasteiger partial charge in [-0.15, -0.1) is 0 Å². The second-order valence-electron chi connectivity index (χ2n) is 6.79. The Hall–Kier alpha value is -2.91. The number of halogens is 4. The smallest absolute Gasteiger partial charge is 0.381 e. The molecule has 0 aliphatic heterocycles. The lowest BCUT2D eigenvalue weighted by Gasteiger charge is -2.35. The summed E-state index contributed by atoms with van der Waals surface area (Å²) >= 11 is 5.93. The standard InChI is InChI=1S/C20H18ClF3N4O2/c1-13(27-18(29)14-2-4-16(5-3-14)20(22,23)24)19(30,10-28-12-25-11-26-28)15-6-8-17(21)9-7-15/h2-9,11-13,30H,10H2,1H3,(H,27,29). The molecule has 2 N–H and O–H groups in total. The van der Waals surface area contributed by atoms with Gasteiger partial charge in [-0.1, -0.05) is 23.7 Å². The third-order valence-corrected chi connectivity index (χ3v) is 5.00. The van der Waals surface area contributed by atoms with Gasteiger partial charge in [-0.3, -0.25) is 4.79 Å². The average molecular weight is 439 g/mol. The molecule has 2 unspecified atom stereocenters. The molecule has 2 aromatic carbocycles. The fraction of sp³-hybridized carbons (Fsp3) is 0.250. The summed E-state index contributed by atoms with van der Waals surface area (Å²) in [5.74, 6) is -0.623. The number of amides is 1. The van der Waals surface area contributed by atoms with Crippen LogP contribution < -0.4 is 5.32 Å². The number of hydrogen-bond acceptors (Lipinski definition) is 4. The summed E-state index contributed by atoms with van der Waals surface area (Å²) in [4.78, 5) is 16.4. The van der Waals surface area contributed by atoms with Crippen molar-refractivity contribution in [2.75, 3.05) is 0 Å². The van der Waals surface area contributed by atoms with Crippen LogP contribution in [0, 0.1) is 0 Å². The third kappa shape index (κ3) is 4.80. The van der Waals surface area contributed by atoms with Crippen molar-refractivity contribution in [3.8, 4) is 0 Å². The van der Waals surface area contributed by atoms with Crippen molar-refractivity contribution < 1.29 is 23.1 Å². The minimum absolute atomic E-state index is 0.0247. The Kier molecular flexibility index (Phi) is 6.14. The summed E-state index contributed by atoms with van der Waals surface area (Å²) in [5.41, 5.74) is -1.94. The lowest BCUT2D eigenvalue weighted by atomic mass is 9.86. The maximum atomic E-state index is 12.7. The monoisotopic (exact) mass is 438 g/mol. The van der Waals surface area contributed by atoms with Crippen molar-refractivity contribution in [2.45, 2.75) is 31.3 Å². The van der Waals surface area contributed by atoms with Gasteiger partial charge < -0.3 is 10.4 Å². The molecule has 0 bridgehead atoms. The van der Waals surface area contributed by atoms with Crippen molar-refractivity contribution >= 4 is 17.5 Å². The van der Waals surface area contributed by atoms with Crippen molar-refractivity contribution in [1.29, 1.82) is 0 Å². The number of benzene rings is 2. The number of alkyl halides is 3. The van der Waals surface area contributed by atoms with Crippen molar-refractivity contribution in [2.24, 2.45) is 0 Å². The van der Waals surface area contributed by atoms with Gasteiger partial charge >= 0.3 is 6.18 Å². The van der Waals surface area contributed by atoms with E-state index in [0.717, 1.165) is 24.3 Å². The van der Waals surface area contributed by atoms with Gasteiger partial charge in [0.05, 0.1) is 18.2 Å². The fourth-order valence-electron chi connectivity index (χ4n) is 2.99. The fourth-order valence-corrected chi connectivity index (χ4v) is 3.11. The summed E-state index contributed by atoms with van der Waals surface area (Å²) in [5, 5.41) is 18.6. The van der Waals surface area contributed by atoms with Crippen LogP contribution in [0.1, 0.15) is 28.4 Å². The van der Waals surface area contributed by atoms with E-state index in [1.807, 2.05) is 0 Å². The summed E-state index contributed by atoms with van der Waals surface area (Å²) in [6.45, 7) is 1.57. The predicted molar refractivity (Wildman–Crippen MR) is 104 cm³/mol. The lowest BCUT2D eigenvalue weighted by Crippen LogP contribution is -2.51. The number of aliphatic hydroxyl groups is 1. The number of aromatic nitrogens is 3. The maximum absolute atomic E-state index is 12.7. The zero-order valence-corrected chi connectivity index (χ0v) is 16.5. The van der Waals surface area contributed by atoms with E-state index >= 15 is 0 Å². The quantitative estimate of drug-likeness (QED) is 0.615. The van der Waals surface area contributed by atoms with Gasteiger partial charge in [0.15, 0.2) is 0 Å². The van der Waals surface area contributed by atoms with E-state index in [1.54, 1.807) is 31.2 Å². The Morgan fingerprint density at radius 2 is 1.73 bits per heavy atom. The van der Waals surface area contributed by atoms with Crippen LogP contribution >= 0.6 is 11.6 Å². The van der Waals surface area contributed by atoms with Crippen molar-refractivity contribution in [3.63, 3.8) is 0 Å². The highest BCUT2D eigenvalue weighted by Crippen LogP contribution is 2.30. The van der Waals surface area contributed by atoms with E-state index in [4.69, 9.17) is 11.6 Å². The molecule has 30 heavy (non-hydrogen) atoms. The molecule has 0 saturated heterocycles. The maximum Gasteiger partial charge on any atom is 0.416 e. The Labute approximate surface area is 175 Å². The average Bonchev–Trinajstić information content (AvgIpc) is 3.20. The highest BCUT2D eigenvalue weighted by Gasteiger charge is 2.38. The van der Waals surface area contributed by atoms with Crippen molar-refractivity contribution in [3.05, 3.63) is 82.9 Å². The molecule has 2 atom stereocenters. The molecule has 3 rings (SSSR count). The van der Waals surface area contributed by atoms with Crippen LogP contribution in [0.5, 0.6) is 0 Å². The highest BCUT2D eigenvalue weighted by atomic mass is 35.5. The molecule has 0 spiro atoms. The molecule has 1 amide bonds. The second-order valence-corrected chi connectivity index (χ2v) is 7.23. The van der Waals surface area contributed by atoms with Gasteiger partial charge in [0.1, 0.15) is 18.3 Å². The zero-order chi connectivity index (χ0) is 21.9. The Bertz CT molecular complexity index is 992. The third-order valence-electron chi connectivity index (χ3n) is 4.75. The molecule has 0 saturated carbocycles.